The van der Waals surface area contributed by atoms with E-state index in [-0.39, 0.29) is 16.8 Å². The molecule has 0 N–H and O–H groups in total. The highest BCUT2D eigenvalue weighted by Crippen LogP contribution is 2.46. The Balaban J connectivity index is 1.09. The van der Waals surface area contributed by atoms with Gasteiger partial charge >= 0.3 is 6.18 Å². The van der Waals surface area contributed by atoms with Crippen molar-refractivity contribution < 1.29 is 22.0 Å². The van der Waals surface area contributed by atoms with Crippen molar-refractivity contribution in [3.8, 4) is 33.9 Å². The maximum Gasteiger partial charge on any atom is 0.417 e. The molecule has 10 aromatic carbocycles. The Morgan fingerprint density at radius 2 is 0.600 bits per heavy atom. The summed E-state index contributed by atoms with van der Waals surface area (Å²) in [6.45, 7) is 0. The standard InChI is InChI=1S/C61H35F5N4/c62-37-29-36(30-38(63)31-37)47-34-59(69-55-23-11-5-17-45(55)48-32-39(25-27-57(48)69)67-51-19-7-1-13-41(51)42-14-2-8-20-52(42)67)60(35-50(47)61(64,65)66)70-56-24-12-6-18-46(56)49-33-40(26-28-58(49)70)68-53-21-9-3-15-43(53)44-16-4-10-22-54(44)68/h1-35H. The SMILES string of the molecule is Fc1cc(F)cc(-c2cc(-n3c4ccccc4c4cc(-n5c6ccccc6c6ccccc65)ccc43)c(-n3c4ccccc4c4cc(-n5c6ccccc6c6ccccc65)ccc43)cc2C(F)(F)F)c1. The molecule has 4 heterocycles. The third-order valence-corrected chi connectivity index (χ3v) is 14.1. The number of rotatable bonds is 5. The second-order valence-corrected chi connectivity index (χ2v) is 17.9. The van der Waals surface area contributed by atoms with E-state index in [1.54, 1.807) is 0 Å². The van der Waals surface area contributed by atoms with Crippen molar-refractivity contribution in [2.24, 2.45) is 0 Å². The van der Waals surface area contributed by atoms with Gasteiger partial charge in [-0.3, -0.25) is 0 Å². The fourth-order valence-electron chi connectivity index (χ4n) is 11.2. The summed E-state index contributed by atoms with van der Waals surface area (Å²) in [6, 6.07) is 66.1. The summed E-state index contributed by atoms with van der Waals surface area (Å²) in [5.41, 5.74) is 7.79. The summed E-state index contributed by atoms with van der Waals surface area (Å²) in [4.78, 5) is 0. The van der Waals surface area contributed by atoms with Crippen molar-refractivity contribution in [3.63, 3.8) is 0 Å². The van der Waals surface area contributed by atoms with Gasteiger partial charge in [-0.25, -0.2) is 8.78 Å². The highest BCUT2D eigenvalue weighted by molar-refractivity contribution is 6.15. The normalized spacial score (nSPS) is 12.4. The van der Waals surface area contributed by atoms with Gasteiger partial charge < -0.3 is 18.3 Å². The first-order chi connectivity index (χ1) is 34.2. The minimum Gasteiger partial charge on any atom is -0.309 e. The number of alkyl halides is 3. The quantitative estimate of drug-likeness (QED) is 0.153. The lowest BCUT2D eigenvalue weighted by molar-refractivity contribution is -0.137. The summed E-state index contributed by atoms with van der Waals surface area (Å²) in [7, 11) is 0. The van der Waals surface area contributed by atoms with Crippen LogP contribution in [0.1, 0.15) is 5.56 Å². The van der Waals surface area contributed by atoms with Crippen LogP contribution in [0.25, 0.3) is 121 Å². The first-order valence-corrected chi connectivity index (χ1v) is 23.0. The Hall–Kier alpha value is -8.95. The number of para-hydroxylation sites is 6. The second-order valence-electron chi connectivity index (χ2n) is 17.9. The minimum atomic E-state index is -4.92. The van der Waals surface area contributed by atoms with Gasteiger partial charge in [0.15, 0.2) is 0 Å². The number of aromatic nitrogens is 4. The average Bonchev–Trinajstić information content (AvgIpc) is 4.10. The van der Waals surface area contributed by atoms with E-state index in [9.17, 15) is 0 Å². The molecule has 0 aliphatic rings. The fraction of sp³-hybridized carbons (Fsp3) is 0.0164. The highest BCUT2D eigenvalue weighted by atomic mass is 19.4. The zero-order valence-electron chi connectivity index (χ0n) is 36.9. The highest BCUT2D eigenvalue weighted by Gasteiger charge is 2.36. The van der Waals surface area contributed by atoms with Crippen LogP contribution in [0.15, 0.2) is 212 Å². The van der Waals surface area contributed by atoms with Crippen molar-refractivity contribution in [2.45, 2.75) is 6.18 Å². The number of hydrogen-bond donors (Lipinski definition) is 0. The molecule has 0 atom stereocenters. The molecule has 4 nitrogen and oxygen atoms in total. The molecule has 70 heavy (non-hydrogen) atoms. The second kappa shape index (κ2) is 14.8. The lowest BCUT2D eigenvalue weighted by Gasteiger charge is -2.22. The van der Waals surface area contributed by atoms with Crippen LogP contribution >= 0.6 is 0 Å². The average molecular weight is 919 g/mol. The van der Waals surface area contributed by atoms with Crippen LogP contribution in [0.3, 0.4) is 0 Å². The monoisotopic (exact) mass is 918 g/mol. The molecule has 0 fully saturated rings. The van der Waals surface area contributed by atoms with E-state index < -0.39 is 23.4 Å². The number of benzene rings is 10. The molecular formula is C61H35F5N4. The summed E-state index contributed by atoms with van der Waals surface area (Å²) < 4.78 is 86.0. The molecule has 0 radical (unpaired) electrons. The van der Waals surface area contributed by atoms with Crippen LogP contribution in [-0.4, -0.2) is 18.3 Å². The molecule has 4 aromatic heterocycles. The number of halogens is 5. The third-order valence-electron chi connectivity index (χ3n) is 14.1. The zero-order chi connectivity index (χ0) is 47.0. The molecule has 0 aliphatic heterocycles. The molecule has 14 aromatic rings. The van der Waals surface area contributed by atoms with Gasteiger partial charge in [0.25, 0.3) is 0 Å². The Kier molecular flexibility index (Phi) is 8.47. The molecular weight excluding hydrogens is 884 g/mol. The molecule has 0 saturated carbocycles. The van der Waals surface area contributed by atoms with Gasteiger partial charge in [0.2, 0.25) is 0 Å². The third kappa shape index (κ3) is 5.81. The molecule has 9 heteroatoms. The van der Waals surface area contributed by atoms with Gasteiger partial charge in [-0.1, -0.05) is 109 Å². The maximum atomic E-state index is 15.8. The van der Waals surface area contributed by atoms with Gasteiger partial charge in [-0.15, -0.1) is 0 Å². The molecule has 0 bridgehead atoms. The molecule has 334 valence electrons. The molecule has 0 unspecified atom stereocenters. The van der Waals surface area contributed by atoms with Crippen LogP contribution in [0.2, 0.25) is 0 Å². The predicted molar refractivity (Wildman–Crippen MR) is 274 cm³/mol. The van der Waals surface area contributed by atoms with Gasteiger partial charge in [0.1, 0.15) is 11.6 Å². The minimum absolute atomic E-state index is 0.231. The van der Waals surface area contributed by atoms with Gasteiger partial charge in [0, 0.05) is 60.5 Å². The molecule has 0 saturated heterocycles. The van der Waals surface area contributed by atoms with Crippen LogP contribution in [0, 0.1) is 11.6 Å². The Bertz CT molecular complexity index is 4380. The fourth-order valence-corrected chi connectivity index (χ4v) is 11.2. The van der Waals surface area contributed by atoms with Crippen LogP contribution in [-0.2, 0) is 6.18 Å². The lowest BCUT2D eigenvalue weighted by atomic mass is 9.96. The predicted octanol–water partition coefficient (Wildman–Crippen LogP) is 17.0. The summed E-state index contributed by atoms with van der Waals surface area (Å²) in [5.74, 6) is -1.96. The summed E-state index contributed by atoms with van der Waals surface area (Å²) >= 11 is 0. The van der Waals surface area contributed by atoms with E-state index in [0.29, 0.717) is 22.8 Å². The molecule has 0 aliphatic carbocycles. The maximum absolute atomic E-state index is 15.8. The Labute approximate surface area is 395 Å². The van der Waals surface area contributed by atoms with E-state index in [2.05, 4.69) is 69.8 Å². The van der Waals surface area contributed by atoms with Crippen LogP contribution < -0.4 is 0 Å². The van der Waals surface area contributed by atoms with Gasteiger partial charge in [0.05, 0.1) is 61.1 Å². The van der Waals surface area contributed by atoms with E-state index in [0.717, 1.165) is 106 Å². The zero-order valence-corrected chi connectivity index (χ0v) is 36.9. The number of hydrogen-bond acceptors (Lipinski definition) is 0. The van der Waals surface area contributed by atoms with E-state index in [1.165, 1.54) is 6.07 Å². The molecule has 0 spiro atoms. The Morgan fingerprint density at radius 1 is 0.286 bits per heavy atom. The van der Waals surface area contributed by atoms with Crippen molar-refractivity contribution in [1.82, 2.24) is 18.3 Å². The van der Waals surface area contributed by atoms with Gasteiger partial charge in [-0.05, 0) is 108 Å². The Morgan fingerprint density at radius 3 is 0.971 bits per heavy atom. The van der Waals surface area contributed by atoms with Crippen molar-refractivity contribution >= 4 is 87.2 Å². The molecule has 0 amide bonds. The van der Waals surface area contributed by atoms with Crippen molar-refractivity contribution in [1.29, 1.82) is 0 Å². The summed E-state index contributed by atoms with van der Waals surface area (Å²) in [6.07, 6.45) is -4.92. The largest absolute Gasteiger partial charge is 0.417 e. The molecule has 14 rings (SSSR count). The van der Waals surface area contributed by atoms with E-state index >= 15 is 22.0 Å². The summed E-state index contributed by atoms with van der Waals surface area (Å²) in [5, 5.41) is 7.87. The van der Waals surface area contributed by atoms with Crippen LogP contribution in [0.4, 0.5) is 22.0 Å². The van der Waals surface area contributed by atoms with E-state index in [4.69, 9.17) is 0 Å². The van der Waals surface area contributed by atoms with Gasteiger partial charge in [-0.2, -0.15) is 13.2 Å². The van der Waals surface area contributed by atoms with Crippen molar-refractivity contribution in [2.75, 3.05) is 0 Å². The first-order valence-electron chi connectivity index (χ1n) is 23.0. The topological polar surface area (TPSA) is 19.7 Å². The van der Waals surface area contributed by atoms with E-state index in [1.807, 2.05) is 130 Å². The lowest BCUT2D eigenvalue weighted by Crippen LogP contribution is -2.12. The van der Waals surface area contributed by atoms with Crippen molar-refractivity contribution in [3.05, 3.63) is 230 Å². The first kappa shape index (κ1) is 40.1. The number of fused-ring (bicyclic) bond motifs is 12. The number of nitrogens with zero attached hydrogens (tertiary/aromatic N) is 4. The van der Waals surface area contributed by atoms with Crippen LogP contribution in [0.5, 0.6) is 0 Å². The smallest absolute Gasteiger partial charge is 0.309 e.